The normalized spacial score (nSPS) is 11.8. The maximum absolute atomic E-state index is 13.1. The molecule has 0 fully saturated rings. The lowest BCUT2D eigenvalue weighted by Crippen LogP contribution is -2.08. The topological polar surface area (TPSA) is 75.6 Å². The van der Waals surface area contributed by atoms with Crippen LogP contribution < -0.4 is 5.73 Å². The lowest BCUT2D eigenvalue weighted by molar-refractivity contribution is -0.141. The van der Waals surface area contributed by atoms with Crippen LogP contribution in [0.25, 0.3) is 31.6 Å². The summed E-state index contributed by atoms with van der Waals surface area (Å²) in [5, 5.41) is 10.1. The molecule has 0 saturated heterocycles. The van der Waals surface area contributed by atoms with Gasteiger partial charge in [0.1, 0.15) is 28.0 Å². The molecule has 27 heavy (non-hydrogen) atoms. The monoisotopic (exact) mass is 384 g/mol. The summed E-state index contributed by atoms with van der Waals surface area (Å²) in [6.45, 7) is 1.59. The van der Waals surface area contributed by atoms with Gasteiger partial charge in [-0.25, -0.2) is 9.97 Å². The number of fused-ring (bicyclic) bond motifs is 3. The van der Waals surface area contributed by atoms with Crippen molar-refractivity contribution < 1.29 is 13.2 Å². The van der Waals surface area contributed by atoms with Gasteiger partial charge in [0.05, 0.1) is 10.2 Å². The van der Waals surface area contributed by atoms with Crippen LogP contribution in [0.1, 0.15) is 16.8 Å². The van der Waals surface area contributed by atoms with Crippen molar-refractivity contribution >= 4 is 37.6 Å². The van der Waals surface area contributed by atoms with Crippen LogP contribution in [0.4, 0.5) is 19.0 Å². The van der Waals surface area contributed by atoms with Crippen molar-refractivity contribution in [3.05, 3.63) is 53.2 Å². The molecule has 0 amide bonds. The molecule has 0 radical (unpaired) electrons. The third-order valence-electron chi connectivity index (χ3n) is 4.26. The van der Waals surface area contributed by atoms with Crippen LogP contribution in [0.5, 0.6) is 0 Å². The van der Waals surface area contributed by atoms with Crippen molar-refractivity contribution in [3.63, 3.8) is 0 Å². The average Bonchev–Trinajstić information content (AvgIpc) is 2.99. The number of pyridine rings is 2. The van der Waals surface area contributed by atoms with Gasteiger partial charge in [-0.1, -0.05) is 30.3 Å². The molecule has 0 bridgehead atoms. The van der Waals surface area contributed by atoms with Gasteiger partial charge in [-0.15, -0.1) is 11.3 Å². The SMILES string of the molecule is Cc1cc(C(F)(F)F)nc2sc3c(-c4ccccc4)c(C#N)c(N)nc3c12. The van der Waals surface area contributed by atoms with Crippen molar-refractivity contribution in [2.24, 2.45) is 0 Å². The van der Waals surface area contributed by atoms with Crippen LogP contribution in [-0.2, 0) is 6.18 Å². The number of benzene rings is 1. The second-order valence-corrected chi connectivity index (χ2v) is 7.01. The molecule has 4 aromatic rings. The Morgan fingerprint density at radius 1 is 1.15 bits per heavy atom. The van der Waals surface area contributed by atoms with Crippen LogP contribution in [-0.4, -0.2) is 9.97 Å². The van der Waals surface area contributed by atoms with Crippen molar-refractivity contribution in [3.8, 4) is 17.2 Å². The molecule has 3 heterocycles. The summed E-state index contributed by atoms with van der Waals surface area (Å²) in [5.74, 6) is 0.0443. The number of rotatable bonds is 1. The van der Waals surface area contributed by atoms with Gasteiger partial charge in [-0.2, -0.15) is 18.4 Å². The Hall–Kier alpha value is -3.18. The molecular formula is C19H11F3N4S. The van der Waals surface area contributed by atoms with Crippen molar-refractivity contribution in [2.75, 3.05) is 5.73 Å². The summed E-state index contributed by atoms with van der Waals surface area (Å²) in [7, 11) is 0. The molecule has 0 aliphatic heterocycles. The number of nitrogen functional groups attached to an aromatic ring is 1. The third-order valence-corrected chi connectivity index (χ3v) is 5.35. The Bertz CT molecular complexity index is 1240. The first kappa shape index (κ1) is 17.2. The van der Waals surface area contributed by atoms with E-state index < -0.39 is 11.9 Å². The molecule has 0 aliphatic rings. The number of anilines is 1. The molecule has 0 unspecified atom stereocenters. The van der Waals surface area contributed by atoms with Gasteiger partial charge in [-0.05, 0) is 24.1 Å². The number of thiophene rings is 1. The second-order valence-electron chi connectivity index (χ2n) is 6.01. The summed E-state index contributed by atoms with van der Waals surface area (Å²) in [4.78, 5) is 8.33. The molecule has 0 aliphatic carbocycles. The third kappa shape index (κ3) is 2.67. The maximum Gasteiger partial charge on any atom is 0.433 e. The molecular weight excluding hydrogens is 373 g/mol. The largest absolute Gasteiger partial charge is 0.433 e. The van der Waals surface area contributed by atoms with Gasteiger partial charge < -0.3 is 5.73 Å². The van der Waals surface area contributed by atoms with Crippen molar-refractivity contribution in [1.82, 2.24) is 9.97 Å². The van der Waals surface area contributed by atoms with E-state index in [0.717, 1.165) is 23.0 Å². The highest BCUT2D eigenvalue weighted by Crippen LogP contribution is 2.43. The smallest absolute Gasteiger partial charge is 0.383 e. The molecule has 134 valence electrons. The van der Waals surface area contributed by atoms with Gasteiger partial charge in [0, 0.05) is 10.9 Å². The number of aromatic nitrogens is 2. The van der Waals surface area contributed by atoms with Gasteiger partial charge in [0.25, 0.3) is 0 Å². The molecule has 8 heteroatoms. The van der Waals surface area contributed by atoms with E-state index >= 15 is 0 Å². The van der Waals surface area contributed by atoms with Gasteiger partial charge in [0.15, 0.2) is 0 Å². The number of hydrogen-bond donors (Lipinski definition) is 1. The van der Waals surface area contributed by atoms with E-state index in [1.54, 1.807) is 6.92 Å². The molecule has 4 rings (SSSR count). The van der Waals surface area contributed by atoms with Gasteiger partial charge in [-0.3, -0.25) is 0 Å². The van der Waals surface area contributed by atoms with Gasteiger partial charge >= 0.3 is 6.18 Å². The molecule has 0 atom stereocenters. The fraction of sp³-hybridized carbons (Fsp3) is 0.105. The quantitative estimate of drug-likeness (QED) is 0.484. The predicted octanol–water partition coefficient (Wildman–Crippen LogP) is 5.29. The van der Waals surface area contributed by atoms with Crippen LogP contribution in [0.2, 0.25) is 0 Å². The summed E-state index contributed by atoms with van der Waals surface area (Å²) in [5.41, 5.74) is 7.44. The number of nitrogens with two attached hydrogens (primary N) is 1. The Balaban J connectivity index is 2.18. The van der Waals surface area contributed by atoms with Crippen LogP contribution in [0.15, 0.2) is 36.4 Å². The zero-order chi connectivity index (χ0) is 19.3. The second kappa shape index (κ2) is 5.93. The fourth-order valence-electron chi connectivity index (χ4n) is 3.10. The minimum absolute atomic E-state index is 0.0443. The highest BCUT2D eigenvalue weighted by Gasteiger charge is 2.34. The van der Waals surface area contributed by atoms with Crippen LogP contribution in [0.3, 0.4) is 0 Å². The number of hydrogen-bond acceptors (Lipinski definition) is 5. The van der Waals surface area contributed by atoms with E-state index in [2.05, 4.69) is 16.0 Å². The number of nitriles is 1. The maximum atomic E-state index is 13.1. The molecule has 0 saturated carbocycles. The van der Waals surface area contributed by atoms with Crippen LogP contribution >= 0.6 is 11.3 Å². The number of nitrogens with zero attached hydrogens (tertiary/aromatic N) is 3. The lowest BCUT2D eigenvalue weighted by atomic mass is 10.00. The number of aryl methyl sites for hydroxylation is 1. The molecule has 4 nitrogen and oxygen atoms in total. The first-order valence-electron chi connectivity index (χ1n) is 7.87. The molecule has 2 N–H and O–H groups in total. The van der Waals surface area contributed by atoms with E-state index in [1.165, 1.54) is 0 Å². The summed E-state index contributed by atoms with van der Waals surface area (Å²) in [6.07, 6.45) is -4.54. The number of halogens is 3. The Morgan fingerprint density at radius 3 is 2.48 bits per heavy atom. The molecule has 1 aromatic carbocycles. The summed E-state index contributed by atoms with van der Waals surface area (Å²) in [6, 6.07) is 12.2. The molecule has 3 aromatic heterocycles. The average molecular weight is 384 g/mol. The van der Waals surface area contributed by atoms with Crippen molar-refractivity contribution in [1.29, 1.82) is 5.26 Å². The van der Waals surface area contributed by atoms with Gasteiger partial charge in [0.2, 0.25) is 0 Å². The Labute approximate surface area is 155 Å². The zero-order valence-corrected chi connectivity index (χ0v) is 14.7. The highest BCUT2D eigenvalue weighted by molar-refractivity contribution is 7.26. The van der Waals surface area contributed by atoms with E-state index in [9.17, 15) is 18.4 Å². The van der Waals surface area contributed by atoms with E-state index in [1.807, 2.05) is 30.3 Å². The zero-order valence-electron chi connectivity index (χ0n) is 13.9. The first-order chi connectivity index (χ1) is 12.8. The summed E-state index contributed by atoms with van der Waals surface area (Å²) >= 11 is 1.09. The minimum Gasteiger partial charge on any atom is -0.383 e. The first-order valence-corrected chi connectivity index (χ1v) is 8.69. The minimum atomic E-state index is -4.54. The van der Waals surface area contributed by atoms with E-state index in [-0.39, 0.29) is 16.2 Å². The van der Waals surface area contributed by atoms with E-state index in [4.69, 9.17) is 5.73 Å². The van der Waals surface area contributed by atoms with E-state index in [0.29, 0.717) is 26.7 Å². The standard InChI is InChI=1S/C19H11F3N4S/c1-9-7-12(19(20,21)22)25-18-13(9)15-16(27-18)14(10-5-3-2-4-6-10)11(8-23)17(24)26-15/h2-7H,1H3,(H2,24,26). The lowest BCUT2D eigenvalue weighted by Gasteiger charge is -2.09. The van der Waals surface area contributed by atoms with Crippen LogP contribution in [0, 0.1) is 18.3 Å². The highest BCUT2D eigenvalue weighted by atomic mass is 32.1. The van der Waals surface area contributed by atoms with Crippen molar-refractivity contribution in [2.45, 2.75) is 13.1 Å². The summed E-state index contributed by atoms with van der Waals surface area (Å²) < 4.78 is 40.0. The number of alkyl halides is 3. The molecule has 0 spiro atoms. The Morgan fingerprint density at radius 2 is 1.85 bits per heavy atom. The Kier molecular flexibility index (Phi) is 3.78. The fourth-order valence-corrected chi connectivity index (χ4v) is 4.36. The predicted molar refractivity (Wildman–Crippen MR) is 99.2 cm³/mol.